The van der Waals surface area contributed by atoms with Crippen LogP contribution >= 0.6 is 11.8 Å². The molecule has 8 nitrogen and oxygen atoms in total. The van der Waals surface area contributed by atoms with Crippen LogP contribution in [0.5, 0.6) is 0 Å². The second kappa shape index (κ2) is 7.20. The molecule has 0 saturated carbocycles. The van der Waals surface area contributed by atoms with E-state index in [1.807, 2.05) is 24.3 Å². The van der Waals surface area contributed by atoms with Crippen LogP contribution in [-0.4, -0.2) is 33.3 Å². The molecule has 1 amide bonds. The highest BCUT2D eigenvalue weighted by Gasteiger charge is 2.24. The number of non-ortho nitro benzene ring substituents is 1. The van der Waals surface area contributed by atoms with Gasteiger partial charge in [-0.25, -0.2) is 0 Å². The number of hydrogen-bond acceptors (Lipinski definition) is 7. The number of thioether (sulfide) groups is 1. The van der Waals surface area contributed by atoms with Crippen molar-refractivity contribution in [3.8, 4) is 11.5 Å². The molecule has 0 radical (unpaired) electrons. The van der Waals surface area contributed by atoms with E-state index in [9.17, 15) is 14.9 Å². The monoisotopic (exact) mass is 382 g/mol. The van der Waals surface area contributed by atoms with Gasteiger partial charge in [0.25, 0.3) is 10.9 Å². The second-order valence-electron chi connectivity index (χ2n) is 5.89. The van der Waals surface area contributed by atoms with Gasteiger partial charge in [-0.1, -0.05) is 36.0 Å². The number of anilines is 1. The molecular weight excluding hydrogens is 368 g/mol. The fourth-order valence-electron chi connectivity index (χ4n) is 2.94. The van der Waals surface area contributed by atoms with Crippen molar-refractivity contribution >= 4 is 29.0 Å². The molecule has 0 atom stereocenters. The predicted octanol–water partition coefficient (Wildman–Crippen LogP) is 3.33. The zero-order chi connectivity index (χ0) is 18.8. The molecule has 0 unspecified atom stereocenters. The number of carbonyl (C=O) groups excluding carboxylic acids is 1. The van der Waals surface area contributed by atoms with Gasteiger partial charge in [0.05, 0.1) is 10.7 Å². The number of nitro benzene ring substituents is 1. The van der Waals surface area contributed by atoms with E-state index in [4.69, 9.17) is 4.42 Å². The third-order valence-electron chi connectivity index (χ3n) is 4.22. The maximum absolute atomic E-state index is 12.5. The van der Waals surface area contributed by atoms with Crippen molar-refractivity contribution in [1.82, 2.24) is 10.2 Å². The van der Waals surface area contributed by atoms with Gasteiger partial charge in [-0.15, -0.1) is 10.2 Å². The van der Waals surface area contributed by atoms with Gasteiger partial charge >= 0.3 is 0 Å². The van der Waals surface area contributed by atoms with Crippen LogP contribution in [0.1, 0.15) is 5.56 Å². The summed E-state index contributed by atoms with van der Waals surface area (Å²) in [7, 11) is 0. The molecule has 0 saturated heterocycles. The molecule has 4 rings (SSSR count). The number of rotatable bonds is 5. The Morgan fingerprint density at radius 1 is 1.22 bits per heavy atom. The third-order valence-corrected chi connectivity index (χ3v) is 5.02. The van der Waals surface area contributed by atoms with Crippen molar-refractivity contribution in [3.63, 3.8) is 0 Å². The van der Waals surface area contributed by atoms with Gasteiger partial charge in [-0.3, -0.25) is 14.9 Å². The van der Waals surface area contributed by atoms with Crippen molar-refractivity contribution in [3.05, 3.63) is 64.2 Å². The Morgan fingerprint density at radius 3 is 2.93 bits per heavy atom. The van der Waals surface area contributed by atoms with Crippen molar-refractivity contribution in [2.75, 3.05) is 17.2 Å². The lowest BCUT2D eigenvalue weighted by molar-refractivity contribution is -0.384. The summed E-state index contributed by atoms with van der Waals surface area (Å²) >= 11 is 1.15. The zero-order valence-electron chi connectivity index (χ0n) is 14.1. The normalized spacial score (nSPS) is 12.8. The molecule has 0 fully saturated rings. The number of carbonyl (C=O) groups is 1. The lowest BCUT2D eigenvalue weighted by Crippen LogP contribution is -2.30. The minimum atomic E-state index is -0.484. The molecule has 136 valence electrons. The summed E-state index contributed by atoms with van der Waals surface area (Å²) in [5.74, 6) is 0.325. The highest BCUT2D eigenvalue weighted by atomic mass is 32.2. The molecule has 0 spiro atoms. The Balaban J connectivity index is 1.42. The first-order chi connectivity index (χ1) is 13.1. The summed E-state index contributed by atoms with van der Waals surface area (Å²) in [6.45, 7) is 0.668. The Bertz CT molecular complexity index is 1020. The van der Waals surface area contributed by atoms with Gasteiger partial charge in [0.1, 0.15) is 0 Å². The molecule has 9 heteroatoms. The molecule has 1 aromatic heterocycles. The van der Waals surface area contributed by atoms with Crippen LogP contribution in [0, 0.1) is 10.1 Å². The number of benzene rings is 2. The predicted molar refractivity (Wildman–Crippen MR) is 99.6 cm³/mol. The van der Waals surface area contributed by atoms with Gasteiger partial charge < -0.3 is 9.32 Å². The minimum Gasteiger partial charge on any atom is -0.411 e. The van der Waals surface area contributed by atoms with E-state index in [2.05, 4.69) is 10.2 Å². The first-order valence-electron chi connectivity index (χ1n) is 8.21. The number of fused-ring (bicyclic) bond motifs is 1. The molecular formula is C18H14N4O4S. The molecule has 0 bridgehead atoms. The molecule has 0 aliphatic carbocycles. The number of aromatic nitrogens is 2. The summed E-state index contributed by atoms with van der Waals surface area (Å²) in [4.78, 5) is 24.7. The van der Waals surface area contributed by atoms with Crippen LogP contribution in [0.4, 0.5) is 11.4 Å². The first kappa shape index (κ1) is 17.2. The van der Waals surface area contributed by atoms with Gasteiger partial charge in [0.15, 0.2) is 0 Å². The van der Waals surface area contributed by atoms with Gasteiger partial charge in [-0.05, 0) is 24.1 Å². The van der Waals surface area contributed by atoms with Crippen LogP contribution < -0.4 is 4.90 Å². The Kier molecular flexibility index (Phi) is 4.59. The van der Waals surface area contributed by atoms with E-state index in [1.165, 1.54) is 17.7 Å². The van der Waals surface area contributed by atoms with Crippen molar-refractivity contribution in [1.29, 1.82) is 0 Å². The van der Waals surface area contributed by atoms with Crippen LogP contribution in [0.15, 0.2) is 58.2 Å². The van der Waals surface area contributed by atoms with E-state index < -0.39 is 4.92 Å². The average molecular weight is 382 g/mol. The number of nitrogens with zero attached hydrogens (tertiary/aromatic N) is 4. The Morgan fingerprint density at radius 2 is 2.07 bits per heavy atom. The van der Waals surface area contributed by atoms with Crippen LogP contribution in [-0.2, 0) is 11.2 Å². The largest absolute Gasteiger partial charge is 0.411 e. The molecule has 1 aliphatic heterocycles. The molecule has 1 aliphatic rings. The van der Waals surface area contributed by atoms with Gasteiger partial charge in [-0.2, -0.15) is 0 Å². The van der Waals surface area contributed by atoms with Crippen molar-refractivity contribution in [2.24, 2.45) is 0 Å². The summed E-state index contributed by atoms with van der Waals surface area (Å²) in [5.41, 5.74) is 2.53. The number of para-hydroxylation sites is 1. The topological polar surface area (TPSA) is 102 Å². The Labute approximate surface area is 158 Å². The zero-order valence-corrected chi connectivity index (χ0v) is 14.9. The van der Waals surface area contributed by atoms with Crippen LogP contribution in [0.3, 0.4) is 0 Å². The highest BCUT2D eigenvalue weighted by molar-refractivity contribution is 7.99. The van der Waals surface area contributed by atoms with E-state index >= 15 is 0 Å². The van der Waals surface area contributed by atoms with Crippen molar-refractivity contribution < 1.29 is 14.1 Å². The Hall–Kier alpha value is -3.20. The summed E-state index contributed by atoms with van der Waals surface area (Å²) in [6, 6.07) is 13.8. The van der Waals surface area contributed by atoms with Gasteiger partial charge in [0.2, 0.25) is 11.8 Å². The average Bonchev–Trinajstić information content (AvgIpc) is 3.33. The molecule has 3 aromatic rings. The smallest absolute Gasteiger partial charge is 0.277 e. The van der Waals surface area contributed by atoms with E-state index in [1.54, 1.807) is 17.0 Å². The van der Waals surface area contributed by atoms with Crippen molar-refractivity contribution in [2.45, 2.75) is 11.6 Å². The summed E-state index contributed by atoms with van der Waals surface area (Å²) < 4.78 is 5.53. The van der Waals surface area contributed by atoms with Gasteiger partial charge in [0, 0.05) is 29.9 Å². The van der Waals surface area contributed by atoms with E-state index in [-0.39, 0.29) is 28.5 Å². The summed E-state index contributed by atoms with van der Waals surface area (Å²) in [6.07, 6.45) is 0.851. The maximum atomic E-state index is 12.5. The van der Waals surface area contributed by atoms with E-state index in [0.717, 1.165) is 23.9 Å². The standard InChI is InChI=1S/C18H14N4O4S/c23-16(21-9-8-12-4-1-2-7-15(12)21)11-27-18-20-19-17(26-18)13-5-3-6-14(10-13)22(24)25/h1-7,10H,8-9,11H2. The summed E-state index contributed by atoms with van der Waals surface area (Å²) in [5, 5.41) is 18.9. The SMILES string of the molecule is O=C(CSc1nnc(-c2cccc([N+](=O)[O-])c2)o1)N1CCc2ccccc21. The third kappa shape index (κ3) is 3.54. The molecule has 27 heavy (non-hydrogen) atoms. The lowest BCUT2D eigenvalue weighted by atomic mass is 10.2. The fourth-order valence-corrected chi connectivity index (χ4v) is 3.58. The number of amides is 1. The number of hydrogen-bond donors (Lipinski definition) is 0. The lowest BCUT2D eigenvalue weighted by Gasteiger charge is -2.16. The number of nitro groups is 1. The molecule has 0 N–H and O–H groups in total. The quantitative estimate of drug-likeness (QED) is 0.379. The molecule has 2 aromatic carbocycles. The maximum Gasteiger partial charge on any atom is 0.277 e. The fraction of sp³-hybridized carbons (Fsp3) is 0.167. The van der Waals surface area contributed by atoms with Crippen LogP contribution in [0.2, 0.25) is 0 Å². The van der Waals surface area contributed by atoms with Crippen LogP contribution in [0.25, 0.3) is 11.5 Å². The van der Waals surface area contributed by atoms with E-state index in [0.29, 0.717) is 12.1 Å². The second-order valence-corrected chi connectivity index (χ2v) is 6.82. The minimum absolute atomic E-state index is 0.0277. The molecule has 2 heterocycles. The highest BCUT2D eigenvalue weighted by Crippen LogP contribution is 2.30. The first-order valence-corrected chi connectivity index (χ1v) is 9.20.